The van der Waals surface area contributed by atoms with Crippen molar-refractivity contribution in [2.75, 3.05) is 25.0 Å². The fourth-order valence-corrected chi connectivity index (χ4v) is 5.05. The molecule has 3 aromatic carbocycles. The van der Waals surface area contributed by atoms with E-state index in [9.17, 15) is 22.4 Å². The Kier molecular flexibility index (Phi) is 8.65. The molecule has 190 valence electrons. The molecule has 36 heavy (non-hydrogen) atoms. The van der Waals surface area contributed by atoms with Crippen LogP contribution in [-0.4, -0.2) is 51.9 Å². The number of halogens is 1. The molecular weight excluding hydrogens is 485 g/mol. The predicted molar refractivity (Wildman–Crippen MR) is 134 cm³/mol. The molecule has 0 aliphatic carbocycles. The number of rotatable bonds is 10. The minimum Gasteiger partial charge on any atom is -0.497 e. The van der Waals surface area contributed by atoms with E-state index in [4.69, 9.17) is 4.74 Å². The number of nitrogens with one attached hydrogen (secondary N) is 1. The Morgan fingerprint density at radius 3 is 2.28 bits per heavy atom. The van der Waals surface area contributed by atoms with Gasteiger partial charge in [-0.2, -0.15) is 0 Å². The number of likely N-dealkylation sites (N-methyl/N-ethyl adjacent to an activating group) is 1. The fourth-order valence-electron chi connectivity index (χ4n) is 3.61. The summed E-state index contributed by atoms with van der Waals surface area (Å²) >= 11 is 0. The Hall–Kier alpha value is -3.92. The number of carbonyl (C=O) groups excluding carboxylic acids is 2. The molecule has 3 rings (SSSR count). The third-order valence-electron chi connectivity index (χ3n) is 5.63. The molecule has 0 spiro atoms. The monoisotopic (exact) mass is 513 g/mol. The van der Waals surface area contributed by atoms with Crippen LogP contribution in [0.3, 0.4) is 0 Å². The minimum absolute atomic E-state index is 0.0270. The number of benzene rings is 3. The van der Waals surface area contributed by atoms with E-state index in [1.54, 1.807) is 49.4 Å². The second kappa shape index (κ2) is 11.7. The van der Waals surface area contributed by atoms with Crippen molar-refractivity contribution in [3.63, 3.8) is 0 Å². The van der Waals surface area contributed by atoms with E-state index in [2.05, 4.69) is 5.32 Å². The molecule has 8 nitrogen and oxygen atoms in total. The lowest BCUT2D eigenvalue weighted by molar-refractivity contribution is -0.139. The zero-order chi connectivity index (χ0) is 26.3. The summed E-state index contributed by atoms with van der Waals surface area (Å²) in [5.74, 6) is -0.995. The molecule has 1 atom stereocenters. The molecule has 0 aromatic heterocycles. The van der Waals surface area contributed by atoms with Gasteiger partial charge in [-0.1, -0.05) is 30.3 Å². The summed E-state index contributed by atoms with van der Waals surface area (Å²) in [5, 5.41) is 2.52. The highest BCUT2D eigenvalue weighted by Crippen LogP contribution is 2.25. The van der Waals surface area contributed by atoms with Gasteiger partial charge in [0.2, 0.25) is 11.8 Å². The smallest absolute Gasteiger partial charge is 0.264 e. The molecule has 1 N–H and O–H groups in total. The van der Waals surface area contributed by atoms with Crippen LogP contribution in [0.15, 0.2) is 83.8 Å². The highest BCUT2D eigenvalue weighted by Gasteiger charge is 2.32. The van der Waals surface area contributed by atoms with Crippen LogP contribution in [0.4, 0.5) is 10.1 Å². The first-order valence-electron chi connectivity index (χ1n) is 11.1. The van der Waals surface area contributed by atoms with E-state index >= 15 is 0 Å². The van der Waals surface area contributed by atoms with Gasteiger partial charge in [-0.05, 0) is 61.0 Å². The molecule has 2 amide bonds. The number of carbonyl (C=O) groups is 2. The van der Waals surface area contributed by atoms with Crippen LogP contribution in [-0.2, 0) is 26.2 Å². The van der Waals surface area contributed by atoms with Crippen molar-refractivity contribution in [2.24, 2.45) is 0 Å². The molecular formula is C26H28FN3O5S. The minimum atomic E-state index is -4.19. The van der Waals surface area contributed by atoms with Gasteiger partial charge in [0.25, 0.3) is 10.0 Å². The van der Waals surface area contributed by atoms with Crippen LogP contribution in [0, 0.1) is 5.82 Å². The van der Waals surface area contributed by atoms with Gasteiger partial charge in [0.1, 0.15) is 24.2 Å². The molecule has 0 saturated heterocycles. The van der Waals surface area contributed by atoms with E-state index < -0.39 is 40.2 Å². The van der Waals surface area contributed by atoms with Crippen molar-refractivity contribution in [3.8, 4) is 5.75 Å². The number of amides is 2. The Morgan fingerprint density at radius 1 is 1.00 bits per heavy atom. The van der Waals surface area contributed by atoms with Gasteiger partial charge in [-0.15, -0.1) is 0 Å². The average molecular weight is 514 g/mol. The average Bonchev–Trinajstić information content (AvgIpc) is 2.90. The summed E-state index contributed by atoms with van der Waals surface area (Å²) in [4.78, 5) is 27.4. The first kappa shape index (κ1) is 26.7. The van der Waals surface area contributed by atoms with Crippen molar-refractivity contribution in [1.82, 2.24) is 10.2 Å². The summed E-state index contributed by atoms with van der Waals surface area (Å²) in [7, 11) is -1.21. The zero-order valence-corrected chi connectivity index (χ0v) is 21.0. The van der Waals surface area contributed by atoms with Crippen molar-refractivity contribution in [1.29, 1.82) is 0 Å². The van der Waals surface area contributed by atoms with Crippen LogP contribution in [0.1, 0.15) is 12.5 Å². The summed E-state index contributed by atoms with van der Waals surface area (Å²) < 4.78 is 46.9. The number of sulfonamides is 1. The Morgan fingerprint density at radius 2 is 1.67 bits per heavy atom. The Labute approximate surface area is 210 Å². The summed E-state index contributed by atoms with van der Waals surface area (Å²) in [6.07, 6.45) is 0. The Balaban J connectivity index is 2.01. The first-order valence-corrected chi connectivity index (χ1v) is 12.6. The number of hydrogen-bond donors (Lipinski definition) is 1. The predicted octanol–water partition coefficient (Wildman–Crippen LogP) is 3.19. The lowest BCUT2D eigenvalue weighted by Crippen LogP contribution is -2.50. The third-order valence-corrected chi connectivity index (χ3v) is 7.41. The highest BCUT2D eigenvalue weighted by molar-refractivity contribution is 7.92. The van der Waals surface area contributed by atoms with Crippen molar-refractivity contribution < 1.29 is 27.1 Å². The second-order valence-corrected chi connectivity index (χ2v) is 9.83. The first-order chi connectivity index (χ1) is 17.2. The maximum atomic E-state index is 13.6. The second-order valence-electron chi connectivity index (χ2n) is 7.96. The van der Waals surface area contributed by atoms with Crippen LogP contribution >= 0.6 is 0 Å². The third kappa shape index (κ3) is 6.19. The van der Waals surface area contributed by atoms with Gasteiger partial charge >= 0.3 is 0 Å². The molecule has 0 radical (unpaired) electrons. The van der Waals surface area contributed by atoms with Crippen molar-refractivity contribution in [2.45, 2.75) is 24.4 Å². The van der Waals surface area contributed by atoms with E-state index in [-0.39, 0.29) is 17.1 Å². The van der Waals surface area contributed by atoms with E-state index in [0.717, 1.165) is 16.4 Å². The molecule has 10 heteroatoms. The molecule has 0 fully saturated rings. The zero-order valence-electron chi connectivity index (χ0n) is 20.2. The SMILES string of the molecule is CNC(=O)[C@@H](C)N(Cc1cccc(OC)c1)C(=O)CN(c1ccc(F)cc1)S(=O)(=O)c1ccccc1. The molecule has 3 aromatic rings. The van der Waals surface area contributed by atoms with E-state index in [1.165, 1.54) is 43.3 Å². The maximum absolute atomic E-state index is 13.6. The quantitative estimate of drug-likeness (QED) is 0.449. The van der Waals surface area contributed by atoms with Gasteiger partial charge in [0.05, 0.1) is 17.7 Å². The standard InChI is InChI=1S/C26H28FN3O5S/c1-19(26(32)28-2)29(17-20-8-7-9-23(16-20)35-3)25(31)18-30(22-14-12-21(27)13-15-22)36(33,34)24-10-5-4-6-11-24/h4-16,19H,17-18H2,1-3H3,(H,28,32)/t19-/m1/s1. The summed E-state index contributed by atoms with van der Waals surface area (Å²) in [6.45, 7) is 0.992. The fraction of sp³-hybridized carbons (Fsp3) is 0.231. The van der Waals surface area contributed by atoms with E-state index in [1.807, 2.05) is 0 Å². The number of anilines is 1. The van der Waals surface area contributed by atoms with Gasteiger partial charge in [0.15, 0.2) is 0 Å². The van der Waals surface area contributed by atoms with Crippen LogP contribution in [0.25, 0.3) is 0 Å². The molecule has 0 aliphatic rings. The van der Waals surface area contributed by atoms with Crippen LogP contribution < -0.4 is 14.4 Å². The number of nitrogens with zero attached hydrogens (tertiary/aromatic N) is 2. The van der Waals surface area contributed by atoms with Crippen LogP contribution in [0.5, 0.6) is 5.75 Å². The number of hydrogen-bond acceptors (Lipinski definition) is 5. The summed E-state index contributed by atoms with van der Waals surface area (Å²) in [5.41, 5.74) is 0.806. The van der Waals surface area contributed by atoms with Gasteiger partial charge < -0.3 is 15.0 Å². The van der Waals surface area contributed by atoms with Crippen molar-refractivity contribution >= 4 is 27.5 Å². The molecule has 0 saturated carbocycles. The van der Waals surface area contributed by atoms with Crippen LogP contribution in [0.2, 0.25) is 0 Å². The Bertz CT molecular complexity index is 1300. The molecule has 0 heterocycles. The maximum Gasteiger partial charge on any atom is 0.264 e. The van der Waals surface area contributed by atoms with Gasteiger partial charge in [-0.3, -0.25) is 13.9 Å². The number of ether oxygens (including phenoxy) is 1. The van der Waals surface area contributed by atoms with E-state index in [0.29, 0.717) is 11.3 Å². The van der Waals surface area contributed by atoms with Gasteiger partial charge in [-0.25, -0.2) is 12.8 Å². The summed E-state index contributed by atoms with van der Waals surface area (Å²) in [6, 6.07) is 18.6. The number of methoxy groups -OCH3 is 1. The molecule has 0 bridgehead atoms. The van der Waals surface area contributed by atoms with Crippen molar-refractivity contribution in [3.05, 3.63) is 90.2 Å². The normalized spacial score (nSPS) is 11.9. The highest BCUT2D eigenvalue weighted by atomic mass is 32.2. The molecule has 0 aliphatic heterocycles. The lowest BCUT2D eigenvalue weighted by atomic mass is 10.1. The lowest BCUT2D eigenvalue weighted by Gasteiger charge is -2.31. The largest absolute Gasteiger partial charge is 0.497 e. The molecule has 0 unspecified atom stereocenters. The topological polar surface area (TPSA) is 96.0 Å². The van der Waals surface area contributed by atoms with Gasteiger partial charge in [0, 0.05) is 13.6 Å².